The Morgan fingerprint density at radius 2 is 2.33 bits per heavy atom. The molecule has 1 aromatic rings. The van der Waals surface area contributed by atoms with Crippen molar-refractivity contribution in [3.63, 3.8) is 0 Å². The van der Waals surface area contributed by atoms with E-state index >= 15 is 0 Å². The molecule has 1 rings (SSSR count). The standard InChI is InChI=1S/C8H10N4/c1-7(2)12(9-3)8-6-10-4-5-11-8/h4-6H,1,3H2,2H3. The number of hydrogen-bond acceptors (Lipinski definition) is 4. The number of aromatic nitrogens is 2. The Balaban J connectivity index is 2.95. The van der Waals surface area contributed by atoms with Gasteiger partial charge in [0.05, 0.1) is 6.20 Å². The van der Waals surface area contributed by atoms with Gasteiger partial charge in [0.1, 0.15) is 0 Å². The molecule has 62 valence electrons. The third kappa shape index (κ3) is 1.66. The molecule has 1 aromatic heterocycles. The van der Waals surface area contributed by atoms with Crippen molar-refractivity contribution in [2.24, 2.45) is 5.10 Å². The maximum atomic E-state index is 4.04. The molecule has 0 aromatic carbocycles. The summed E-state index contributed by atoms with van der Waals surface area (Å²) in [6.45, 7) is 8.96. The summed E-state index contributed by atoms with van der Waals surface area (Å²) in [5.41, 5.74) is 0.755. The predicted molar refractivity (Wildman–Crippen MR) is 48.9 cm³/mol. The van der Waals surface area contributed by atoms with Gasteiger partial charge in [-0.1, -0.05) is 6.58 Å². The maximum absolute atomic E-state index is 4.04. The lowest BCUT2D eigenvalue weighted by Crippen LogP contribution is -2.13. The van der Waals surface area contributed by atoms with Crippen molar-refractivity contribution in [3.05, 3.63) is 30.9 Å². The Bertz CT molecular complexity index is 280. The van der Waals surface area contributed by atoms with Gasteiger partial charge < -0.3 is 0 Å². The Labute approximate surface area is 71.3 Å². The third-order valence-electron chi connectivity index (χ3n) is 1.27. The van der Waals surface area contributed by atoms with Gasteiger partial charge in [0.25, 0.3) is 0 Å². The minimum atomic E-state index is 0.625. The fourth-order valence-electron chi connectivity index (χ4n) is 0.789. The fourth-order valence-corrected chi connectivity index (χ4v) is 0.789. The summed E-state index contributed by atoms with van der Waals surface area (Å²) in [7, 11) is 0. The van der Waals surface area contributed by atoms with Crippen LogP contribution in [0.4, 0.5) is 5.82 Å². The Hall–Kier alpha value is -1.71. The second-order valence-corrected chi connectivity index (χ2v) is 2.25. The van der Waals surface area contributed by atoms with Crippen LogP contribution in [-0.2, 0) is 0 Å². The SMILES string of the molecule is C=NN(C(=C)C)c1cnccn1. The van der Waals surface area contributed by atoms with E-state index in [0.29, 0.717) is 5.82 Å². The zero-order valence-electron chi connectivity index (χ0n) is 6.94. The molecule has 0 aliphatic rings. The molecule has 4 nitrogen and oxygen atoms in total. The molecule has 0 aliphatic heterocycles. The highest BCUT2D eigenvalue weighted by atomic mass is 15.5. The van der Waals surface area contributed by atoms with Crippen molar-refractivity contribution in [1.82, 2.24) is 9.97 Å². The maximum Gasteiger partial charge on any atom is 0.172 e. The van der Waals surface area contributed by atoms with Crippen LogP contribution in [0.15, 0.2) is 36.0 Å². The van der Waals surface area contributed by atoms with Crippen molar-refractivity contribution < 1.29 is 0 Å². The monoisotopic (exact) mass is 162 g/mol. The third-order valence-corrected chi connectivity index (χ3v) is 1.27. The Morgan fingerprint density at radius 1 is 1.58 bits per heavy atom. The van der Waals surface area contributed by atoms with E-state index in [-0.39, 0.29) is 0 Å². The first-order valence-corrected chi connectivity index (χ1v) is 3.44. The van der Waals surface area contributed by atoms with Gasteiger partial charge >= 0.3 is 0 Å². The van der Waals surface area contributed by atoms with Crippen LogP contribution in [0.2, 0.25) is 0 Å². The van der Waals surface area contributed by atoms with Crippen LogP contribution in [0.1, 0.15) is 6.92 Å². The van der Waals surface area contributed by atoms with Crippen LogP contribution in [0, 0.1) is 0 Å². The zero-order valence-corrected chi connectivity index (χ0v) is 6.94. The second-order valence-electron chi connectivity index (χ2n) is 2.25. The van der Waals surface area contributed by atoms with Gasteiger partial charge in [-0.3, -0.25) is 4.98 Å². The number of nitrogens with zero attached hydrogens (tertiary/aromatic N) is 4. The lowest BCUT2D eigenvalue weighted by atomic mass is 10.5. The number of hydrogen-bond donors (Lipinski definition) is 0. The van der Waals surface area contributed by atoms with Crippen molar-refractivity contribution in [2.45, 2.75) is 6.92 Å². The van der Waals surface area contributed by atoms with Crippen LogP contribution in [0.3, 0.4) is 0 Å². The molecule has 0 fully saturated rings. The number of hydrazone groups is 1. The summed E-state index contributed by atoms with van der Waals surface area (Å²) in [5.74, 6) is 0.625. The van der Waals surface area contributed by atoms with E-state index in [1.165, 1.54) is 5.01 Å². The summed E-state index contributed by atoms with van der Waals surface area (Å²) in [6.07, 6.45) is 4.79. The molecule has 0 saturated carbocycles. The Morgan fingerprint density at radius 3 is 2.75 bits per heavy atom. The van der Waals surface area contributed by atoms with Crippen LogP contribution >= 0.6 is 0 Å². The van der Waals surface area contributed by atoms with Gasteiger partial charge in [-0.05, 0) is 6.92 Å². The molecule has 0 saturated heterocycles. The second kappa shape index (κ2) is 3.61. The minimum absolute atomic E-state index is 0.625. The van der Waals surface area contributed by atoms with E-state index in [4.69, 9.17) is 0 Å². The fraction of sp³-hybridized carbons (Fsp3) is 0.125. The van der Waals surface area contributed by atoms with Gasteiger partial charge in [0.15, 0.2) is 5.82 Å². The molecule has 0 radical (unpaired) electrons. The van der Waals surface area contributed by atoms with Crippen molar-refractivity contribution in [1.29, 1.82) is 0 Å². The van der Waals surface area contributed by atoms with Gasteiger partial charge in [0, 0.05) is 24.8 Å². The largest absolute Gasteiger partial charge is 0.259 e. The quantitative estimate of drug-likeness (QED) is 0.498. The normalized spacial score (nSPS) is 9.08. The first-order chi connectivity index (χ1) is 5.75. The van der Waals surface area contributed by atoms with Crippen molar-refractivity contribution >= 4 is 12.5 Å². The average molecular weight is 162 g/mol. The molecule has 0 atom stereocenters. The smallest absolute Gasteiger partial charge is 0.172 e. The lowest BCUT2D eigenvalue weighted by molar-refractivity contribution is 0.961. The molecule has 0 amide bonds. The van der Waals surface area contributed by atoms with E-state index in [1.807, 2.05) is 6.92 Å². The van der Waals surface area contributed by atoms with Crippen molar-refractivity contribution in [2.75, 3.05) is 5.01 Å². The van der Waals surface area contributed by atoms with E-state index < -0.39 is 0 Å². The van der Waals surface area contributed by atoms with Crippen molar-refractivity contribution in [3.8, 4) is 0 Å². The summed E-state index contributed by atoms with van der Waals surface area (Å²) >= 11 is 0. The molecule has 0 unspecified atom stereocenters. The highest BCUT2D eigenvalue weighted by molar-refractivity contribution is 5.44. The molecular formula is C8H10N4. The van der Waals surface area contributed by atoms with Crippen LogP contribution in [0.25, 0.3) is 0 Å². The molecule has 0 N–H and O–H groups in total. The van der Waals surface area contributed by atoms with E-state index in [9.17, 15) is 0 Å². The average Bonchev–Trinajstić information content (AvgIpc) is 2.07. The molecule has 12 heavy (non-hydrogen) atoms. The summed E-state index contributed by atoms with van der Waals surface area (Å²) in [6, 6.07) is 0. The van der Waals surface area contributed by atoms with Crippen LogP contribution in [0.5, 0.6) is 0 Å². The summed E-state index contributed by atoms with van der Waals surface area (Å²) < 4.78 is 0. The van der Waals surface area contributed by atoms with Gasteiger partial charge in [0.2, 0.25) is 0 Å². The lowest BCUT2D eigenvalue weighted by Gasteiger charge is -2.15. The van der Waals surface area contributed by atoms with Crippen LogP contribution in [-0.4, -0.2) is 16.7 Å². The predicted octanol–water partition coefficient (Wildman–Crippen LogP) is 1.43. The molecule has 0 aliphatic carbocycles. The Kier molecular flexibility index (Phi) is 2.53. The number of rotatable bonds is 3. The highest BCUT2D eigenvalue weighted by Gasteiger charge is 2.04. The summed E-state index contributed by atoms with van der Waals surface area (Å²) in [4.78, 5) is 7.94. The highest BCUT2D eigenvalue weighted by Crippen LogP contribution is 2.12. The molecule has 1 heterocycles. The van der Waals surface area contributed by atoms with E-state index in [1.54, 1.807) is 18.6 Å². The molecular weight excluding hydrogens is 152 g/mol. The van der Waals surface area contributed by atoms with Gasteiger partial charge in [-0.15, -0.1) is 0 Å². The van der Waals surface area contributed by atoms with Crippen LogP contribution < -0.4 is 5.01 Å². The summed E-state index contributed by atoms with van der Waals surface area (Å²) in [5, 5.41) is 5.26. The first kappa shape index (κ1) is 8.39. The van der Waals surface area contributed by atoms with E-state index in [2.05, 4.69) is 28.4 Å². The minimum Gasteiger partial charge on any atom is -0.259 e. The molecule has 0 bridgehead atoms. The zero-order chi connectivity index (χ0) is 8.97. The van der Waals surface area contributed by atoms with Gasteiger partial charge in [-0.2, -0.15) is 5.10 Å². The number of anilines is 1. The van der Waals surface area contributed by atoms with Gasteiger partial charge in [-0.25, -0.2) is 9.99 Å². The molecule has 4 heteroatoms. The van der Waals surface area contributed by atoms with E-state index in [0.717, 1.165) is 5.70 Å². The first-order valence-electron chi connectivity index (χ1n) is 3.44. The molecule has 0 spiro atoms. The number of allylic oxidation sites excluding steroid dienone is 1. The topological polar surface area (TPSA) is 41.4 Å².